The molecule has 0 radical (unpaired) electrons. The van der Waals surface area contributed by atoms with E-state index in [9.17, 15) is 4.79 Å². The number of benzene rings is 2. The van der Waals surface area contributed by atoms with Crippen LogP contribution in [0.2, 0.25) is 0 Å². The maximum atomic E-state index is 10.8. The first-order chi connectivity index (χ1) is 9.66. The molecule has 0 fully saturated rings. The van der Waals surface area contributed by atoms with Crippen LogP contribution in [0.25, 0.3) is 0 Å². The summed E-state index contributed by atoms with van der Waals surface area (Å²) in [6.07, 6.45) is 0. The number of carboxylic acid groups (broad SMARTS) is 1. The molecular formula is C17H19NO2. The van der Waals surface area contributed by atoms with E-state index < -0.39 is 5.97 Å². The lowest BCUT2D eigenvalue weighted by Gasteiger charge is -2.13. The van der Waals surface area contributed by atoms with Crippen molar-refractivity contribution in [1.29, 1.82) is 0 Å². The zero-order valence-electron chi connectivity index (χ0n) is 11.5. The van der Waals surface area contributed by atoms with Gasteiger partial charge < -0.3 is 10.4 Å². The summed E-state index contributed by atoms with van der Waals surface area (Å²) in [6, 6.07) is 17.4. The third-order valence-corrected chi connectivity index (χ3v) is 3.35. The molecule has 1 unspecified atom stereocenters. The zero-order chi connectivity index (χ0) is 14.4. The first kappa shape index (κ1) is 14.3. The summed E-state index contributed by atoms with van der Waals surface area (Å²) >= 11 is 0. The van der Waals surface area contributed by atoms with Crippen LogP contribution in [0.3, 0.4) is 0 Å². The van der Waals surface area contributed by atoms with Crippen molar-refractivity contribution in [3.63, 3.8) is 0 Å². The van der Waals surface area contributed by atoms with Gasteiger partial charge in [-0.2, -0.15) is 0 Å². The Morgan fingerprint density at radius 1 is 1.10 bits per heavy atom. The summed E-state index contributed by atoms with van der Waals surface area (Å²) in [6.45, 7) is 3.83. The number of hydrogen-bond donors (Lipinski definition) is 2. The molecular weight excluding hydrogens is 250 g/mol. The van der Waals surface area contributed by atoms with Crippen molar-refractivity contribution >= 4 is 5.97 Å². The summed E-state index contributed by atoms with van der Waals surface area (Å²) < 4.78 is 0. The number of nitrogens with one attached hydrogen (secondary N) is 1. The average Bonchev–Trinajstić information content (AvgIpc) is 2.48. The molecule has 0 aliphatic carbocycles. The van der Waals surface area contributed by atoms with Crippen LogP contribution in [0, 0.1) is 0 Å². The minimum Gasteiger partial charge on any atom is -0.478 e. The standard InChI is InChI=1S/C17H19NO2/c1-13(15-5-3-2-4-6-15)11-18-12-14-7-9-16(10-8-14)17(19)20/h2-10,13,18H,11-12H2,1H3,(H,19,20). The first-order valence-electron chi connectivity index (χ1n) is 6.74. The Morgan fingerprint density at radius 2 is 1.75 bits per heavy atom. The molecule has 0 aliphatic heterocycles. The predicted molar refractivity (Wildman–Crippen MR) is 80.0 cm³/mol. The molecule has 2 rings (SSSR count). The van der Waals surface area contributed by atoms with E-state index in [1.54, 1.807) is 12.1 Å². The van der Waals surface area contributed by atoms with Crippen LogP contribution in [0.15, 0.2) is 54.6 Å². The van der Waals surface area contributed by atoms with Gasteiger partial charge in [0.05, 0.1) is 5.56 Å². The summed E-state index contributed by atoms with van der Waals surface area (Å²) in [5.41, 5.74) is 2.74. The molecule has 1 atom stereocenters. The molecule has 2 aromatic rings. The van der Waals surface area contributed by atoms with Crippen molar-refractivity contribution < 1.29 is 9.90 Å². The Hall–Kier alpha value is -2.13. The molecule has 0 heterocycles. The van der Waals surface area contributed by atoms with E-state index in [1.165, 1.54) is 5.56 Å². The van der Waals surface area contributed by atoms with E-state index in [0.29, 0.717) is 11.5 Å². The molecule has 2 N–H and O–H groups in total. The Balaban J connectivity index is 1.82. The van der Waals surface area contributed by atoms with Crippen molar-refractivity contribution in [1.82, 2.24) is 5.32 Å². The van der Waals surface area contributed by atoms with E-state index >= 15 is 0 Å². The molecule has 2 aromatic carbocycles. The van der Waals surface area contributed by atoms with Crippen LogP contribution in [0.4, 0.5) is 0 Å². The second-order valence-corrected chi connectivity index (χ2v) is 4.94. The van der Waals surface area contributed by atoms with Crippen molar-refractivity contribution in [2.75, 3.05) is 6.54 Å². The lowest BCUT2D eigenvalue weighted by Crippen LogP contribution is -2.19. The fourth-order valence-electron chi connectivity index (χ4n) is 2.10. The Labute approximate surface area is 119 Å². The van der Waals surface area contributed by atoms with Gasteiger partial charge in [0.25, 0.3) is 0 Å². The minimum absolute atomic E-state index is 0.325. The quantitative estimate of drug-likeness (QED) is 0.846. The predicted octanol–water partition coefficient (Wildman–Crippen LogP) is 3.28. The van der Waals surface area contributed by atoms with Crippen LogP contribution >= 0.6 is 0 Å². The van der Waals surface area contributed by atoms with Gasteiger partial charge in [-0.25, -0.2) is 4.79 Å². The van der Waals surface area contributed by atoms with Gasteiger partial charge in [-0.1, -0.05) is 49.4 Å². The Kier molecular flexibility index (Phi) is 4.91. The highest BCUT2D eigenvalue weighted by Crippen LogP contribution is 2.13. The lowest BCUT2D eigenvalue weighted by atomic mass is 10.0. The molecule has 104 valence electrons. The Morgan fingerprint density at radius 3 is 2.35 bits per heavy atom. The Bertz CT molecular complexity index is 549. The van der Waals surface area contributed by atoms with E-state index in [1.807, 2.05) is 18.2 Å². The van der Waals surface area contributed by atoms with Crippen molar-refractivity contribution in [2.45, 2.75) is 19.4 Å². The third kappa shape index (κ3) is 3.93. The molecule has 0 aromatic heterocycles. The van der Waals surface area contributed by atoms with Gasteiger partial charge >= 0.3 is 5.97 Å². The van der Waals surface area contributed by atoms with Gasteiger partial charge in [-0.3, -0.25) is 0 Å². The van der Waals surface area contributed by atoms with Gasteiger partial charge in [0.15, 0.2) is 0 Å². The summed E-state index contributed by atoms with van der Waals surface area (Å²) in [4.78, 5) is 10.8. The van der Waals surface area contributed by atoms with Gasteiger partial charge in [0, 0.05) is 13.1 Å². The van der Waals surface area contributed by atoms with E-state index in [-0.39, 0.29) is 0 Å². The highest BCUT2D eigenvalue weighted by atomic mass is 16.4. The number of rotatable bonds is 6. The van der Waals surface area contributed by atoms with Gasteiger partial charge in [-0.05, 0) is 29.2 Å². The van der Waals surface area contributed by atoms with Crippen LogP contribution in [0.5, 0.6) is 0 Å². The molecule has 0 saturated heterocycles. The van der Waals surface area contributed by atoms with Crippen LogP contribution in [-0.2, 0) is 6.54 Å². The van der Waals surface area contributed by atoms with E-state index in [4.69, 9.17) is 5.11 Å². The minimum atomic E-state index is -0.887. The van der Waals surface area contributed by atoms with Crippen LogP contribution < -0.4 is 5.32 Å². The van der Waals surface area contributed by atoms with Gasteiger partial charge in [0.2, 0.25) is 0 Å². The lowest BCUT2D eigenvalue weighted by molar-refractivity contribution is 0.0697. The topological polar surface area (TPSA) is 49.3 Å². The number of carboxylic acids is 1. The monoisotopic (exact) mass is 269 g/mol. The normalized spacial score (nSPS) is 12.1. The molecule has 0 aliphatic rings. The second-order valence-electron chi connectivity index (χ2n) is 4.94. The highest BCUT2D eigenvalue weighted by molar-refractivity contribution is 5.87. The molecule has 0 amide bonds. The van der Waals surface area contributed by atoms with Crippen molar-refractivity contribution in [3.8, 4) is 0 Å². The number of aromatic carboxylic acids is 1. The summed E-state index contributed by atoms with van der Waals surface area (Å²) in [5, 5.41) is 12.2. The van der Waals surface area contributed by atoms with E-state index in [0.717, 1.165) is 18.7 Å². The molecule has 20 heavy (non-hydrogen) atoms. The molecule has 3 heteroatoms. The van der Waals surface area contributed by atoms with Crippen LogP contribution in [0.1, 0.15) is 34.3 Å². The zero-order valence-corrected chi connectivity index (χ0v) is 11.5. The van der Waals surface area contributed by atoms with Gasteiger partial charge in [-0.15, -0.1) is 0 Å². The largest absolute Gasteiger partial charge is 0.478 e. The smallest absolute Gasteiger partial charge is 0.335 e. The number of hydrogen-bond acceptors (Lipinski definition) is 2. The van der Waals surface area contributed by atoms with Crippen molar-refractivity contribution in [2.24, 2.45) is 0 Å². The fourth-order valence-corrected chi connectivity index (χ4v) is 2.10. The number of carbonyl (C=O) groups is 1. The fraction of sp³-hybridized carbons (Fsp3) is 0.235. The maximum Gasteiger partial charge on any atom is 0.335 e. The summed E-state index contributed by atoms with van der Waals surface area (Å²) in [7, 11) is 0. The second kappa shape index (κ2) is 6.87. The molecule has 0 saturated carbocycles. The summed E-state index contributed by atoms with van der Waals surface area (Å²) in [5.74, 6) is -0.434. The van der Waals surface area contributed by atoms with E-state index in [2.05, 4.69) is 36.5 Å². The SMILES string of the molecule is CC(CNCc1ccc(C(=O)O)cc1)c1ccccc1. The van der Waals surface area contributed by atoms with Crippen molar-refractivity contribution in [3.05, 3.63) is 71.3 Å². The highest BCUT2D eigenvalue weighted by Gasteiger charge is 2.05. The maximum absolute atomic E-state index is 10.8. The van der Waals surface area contributed by atoms with Gasteiger partial charge in [0.1, 0.15) is 0 Å². The average molecular weight is 269 g/mol. The molecule has 0 bridgehead atoms. The molecule has 3 nitrogen and oxygen atoms in total. The first-order valence-corrected chi connectivity index (χ1v) is 6.74. The van der Waals surface area contributed by atoms with Crippen LogP contribution in [-0.4, -0.2) is 17.6 Å². The molecule has 0 spiro atoms. The third-order valence-electron chi connectivity index (χ3n) is 3.35.